The van der Waals surface area contributed by atoms with Crippen molar-refractivity contribution in [3.8, 4) is 0 Å². The summed E-state index contributed by atoms with van der Waals surface area (Å²) in [6.45, 7) is 5.92. The fraction of sp³-hybridized carbons (Fsp3) is 0.833. The van der Waals surface area contributed by atoms with E-state index in [0.717, 1.165) is 12.8 Å². The zero-order valence-electron chi connectivity index (χ0n) is 11.1. The van der Waals surface area contributed by atoms with Crippen LogP contribution in [0.1, 0.15) is 33.6 Å². The molecule has 1 saturated heterocycles. The molecule has 0 aromatic rings. The fourth-order valence-electron chi connectivity index (χ4n) is 1.95. The lowest BCUT2D eigenvalue weighted by molar-refractivity contribution is -0.140. The first-order valence-electron chi connectivity index (χ1n) is 6.32. The Kier molecular flexibility index (Phi) is 5.40. The summed E-state index contributed by atoms with van der Waals surface area (Å²) in [7, 11) is 0. The van der Waals surface area contributed by atoms with Gasteiger partial charge in [-0.25, -0.2) is 9.59 Å². The van der Waals surface area contributed by atoms with E-state index in [9.17, 15) is 9.59 Å². The van der Waals surface area contributed by atoms with Crippen molar-refractivity contribution < 1.29 is 19.4 Å². The number of carboxylic acids is 1. The number of hydrogen-bond donors (Lipinski definition) is 3. The van der Waals surface area contributed by atoms with Gasteiger partial charge in [0.2, 0.25) is 0 Å². The number of amides is 2. The van der Waals surface area contributed by atoms with Gasteiger partial charge in [0.1, 0.15) is 6.04 Å². The normalized spacial score (nSPS) is 24.9. The smallest absolute Gasteiger partial charge is 0.326 e. The van der Waals surface area contributed by atoms with Crippen LogP contribution in [0.25, 0.3) is 0 Å². The number of carboxylic acid groups (broad SMARTS) is 1. The molecule has 0 spiro atoms. The summed E-state index contributed by atoms with van der Waals surface area (Å²) in [5.74, 6) is -1.18. The fourth-order valence-corrected chi connectivity index (χ4v) is 1.95. The number of aliphatic carboxylic acids is 1. The Morgan fingerprint density at radius 3 is 2.50 bits per heavy atom. The summed E-state index contributed by atoms with van der Waals surface area (Å²) < 4.78 is 5.55. The van der Waals surface area contributed by atoms with E-state index in [1.165, 1.54) is 0 Å². The van der Waals surface area contributed by atoms with Crippen molar-refractivity contribution in [1.29, 1.82) is 0 Å². The second kappa shape index (κ2) is 6.58. The molecular weight excluding hydrogens is 236 g/mol. The number of urea groups is 1. The number of nitrogens with one attached hydrogen (secondary N) is 2. The molecule has 1 rings (SSSR count). The quantitative estimate of drug-likeness (QED) is 0.685. The van der Waals surface area contributed by atoms with Crippen LogP contribution < -0.4 is 10.6 Å². The first-order chi connectivity index (χ1) is 8.40. The van der Waals surface area contributed by atoms with E-state index in [1.54, 1.807) is 13.8 Å². The Hall–Kier alpha value is -1.30. The van der Waals surface area contributed by atoms with Crippen LogP contribution >= 0.6 is 0 Å². The SMILES string of the molecule is CC1CCC(CNC(=O)NC(C(=O)O)C(C)C)O1. The zero-order chi connectivity index (χ0) is 13.7. The molecule has 1 heterocycles. The van der Waals surface area contributed by atoms with E-state index in [2.05, 4.69) is 10.6 Å². The molecule has 3 N–H and O–H groups in total. The largest absolute Gasteiger partial charge is 0.480 e. The third kappa shape index (κ3) is 4.52. The van der Waals surface area contributed by atoms with Gasteiger partial charge in [0.15, 0.2) is 0 Å². The molecule has 6 nitrogen and oxygen atoms in total. The monoisotopic (exact) mass is 258 g/mol. The van der Waals surface area contributed by atoms with Crippen molar-refractivity contribution in [1.82, 2.24) is 10.6 Å². The summed E-state index contributed by atoms with van der Waals surface area (Å²) >= 11 is 0. The summed E-state index contributed by atoms with van der Waals surface area (Å²) in [5.41, 5.74) is 0. The third-order valence-electron chi connectivity index (χ3n) is 3.03. The number of rotatable bonds is 5. The second-order valence-electron chi connectivity index (χ2n) is 5.06. The highest BCUT2D eigenvalue weighted by Gasteiger charge is 2.25. The molecule has 2 amide bonds. The lowest BCUT2D eigenvalue weighted by Crippen LogP contribution is -2.49. The average Bonchev–Trinajstić information content (AvgIpc) is 2.68. The molecule has 104 valence electrons. The number of carbonyl (C=O) groups excluding carboxylic acids is 1. The maximum Gasteiger partial charge on any atom is 0.326 e. The maximum absolute atomic E-state index is 11.6. The van der Waals surface area contributed by atoms with E-state index >= 15 is 0 Å². The minimum absolute atomic E-state index is 0.0353. The molecule has 1 aliphatic heterocycles. The Morgan fingerprint density at radius 2 is 2.06 bits per heavy atom. The lowest BCUT2D eigenvalue weighted by atomic mass is 10.1. The van der Waals surface area contributed by atoms with Gasteiger partial charge in [0, 0.05) is 6.54 Å². The van der Waals surface area contributed by atoms with Crippen LogP contribution in [0.3, 0.4) is 0 Å². The highest BCUT2D eigenvalue weighted by atomic mass is 16.5. The molecule has 6 heteroatoms. The Morgan fingerprint density at radius 1 is 1.39 bits per heavy atom. The van der Waals surface area contributed by atoms with Crippen molar-refractivity contribution in [2.24, 2.45) is 5.92 Å². The molecule has 1 fully saturated rings. The molecule has 3 atom stereocenters. The van der Waals surface area contributed by atoms with Gasteiger partial charge in [-0.15, -0.1) is 0 Å². The first kappa shape index (κ1) is 14.8. The average molecular weight is 258 g/mol. The molecule has 0 saturated carbocycles. The van der Waals surface area contributed by atoms with Crippen LogP contribution in [0.5, 0.6) is 0 Å². The van der Waals surface area contributed by atoms with Crippen LogP contribution in [-0.4, -0.2) is 41.9 Å². The van der Waals surface area contributed by atoms with Crippen LogP contribution in [0.4, 0.5) is 4.79 Å². The molecular formula is C12H22N2O4. The summed E-state index contributed by atoms with van der Waals surface area (Å²) in [6.07, 6.45) is 2.20. The highest BCUT2D eigenvalue weighted by molar-refractivity contribution is 5.82. The van der Waals surface area contributed by atoms with Gasteiger partial charge < -0.3 is 20.5 Å². The predicted octanol–water partition coefficient (Wildman–Crippen LogP) is 0.962. The standard InChI is InChI=1S/C12H22N2O4/c1-7(2)10(11(15)16)14-12(17)13-6-9-5-4-8(3)18-9/h7-10H,4-6H2,1-3H3,(H,15,16)(H2,13,14,17). The number of hydrogen-bond acceptors (Lipinski definition) is 3. The van der Waals surface area contributed by atoms with Crippen molar-refractivity contribution in [3.05, 3.63) is 0 Å². The Labute approximate surface area is 107 Å². The predicted molar refractivity (Wildman–Crippen MR) is 66.4 cm³/mol. The Bertz CT molecular complexity index is 306. The third-order valence-corrected chi connectivity index (χ3v) is 3.03. The van der Waals surface area contributed by atoms with Crippen molar-refractivity contribution >= 4 is 12.0 Å². The highest BCUT2D eigenvalue weighted by Crippen LogP contribution is 2.18. The van der Waals surface area contributed by atoms with Gasteiger partial charge >= 0.3 is 12.0 Å². The summed E-state index contributed by atoms with van der Waals surface area (Å²) in [4.78, 5) is 22.5. The van der Waals surface area contributed by atoms with Gasteiger partial charge in [0.25, 0.3) is 0 Å². The molecule has 1 aliphatic rings. The van der Waals surface area contributed by atoms with Crippen LogP contribution in [0, 0.1) is 5.92 Å². The van der Waals surface area contributed by atoms with Gasteiger partial charge in [-0.3, -0.25) is 0 Å². The summed E-state index contributed by atoms with van der Waals surface area (Å²) in [6, 6.07) is -1.33. The molecule has 0 bridgehead atoms. The van der Waals surface area contributed by atoms with E-state index in [4.69, 9.17) is 9.84 Å². The van der Waals surface area contributed by atoms with Gasteiger partial charge in [-0.05, 0) is 25.7 Å². The topological polar surface area (TPSA) is 87.7 Å². The van der Waals surface area contributed by atoms with E-state index in [-0.39, 0.29) is 18.1 Å². The van der Waals surface area contributed by atoms with E-state index < -0.39 is 18.0 Å². The first-order valence-corrected chi connectivity index (χ1v) is 6.32. The van der Waals surface area contributed by atoms with E-state index in [1.807, 2.05) is 6.92 Å². The Balaban J connectivity index is 2.30. The van der Waals surface area contributed by atoms with Crippen LogP contribution in [-0.2, 0) is 9.53 Å². The summed E-state index contributed by atoms with van der Waals surface area (Å²) in [5, 5.41) is 14.0. The van der Waals surface area contributed by atoms with E-state index in [0.29, 0.717) is 6.54 Å². The van der Waals surface area contributed by atoms with Gasteiger partial charge in [0.05, 0.1) is 12.2 Å². The lowest BCUT2D eigenvalue weighted by Gasteiger charge is -2.19. The molecule has 0 radical (unpaired) electrons. The molecule has 0 aromatic carbocycles. The minimum Gasteiger partial charge on any atom is -0.480 e. The molecule has 0 aromatic heterocycles. The van der Waals surface area contributed by atoms with Crippen molar-refractivity contribution in [2.75, 3.05) is 6.54 Å². The van der Waals surface area contributed by atoms with Crippen LogP contribution in [0.2, 0.25) is 0 Å². The van der Waals surface area contributed by atoms with Gasteiger partial charge in [-0.1, -0.05) is 13.8 Å². The van der Waals surface area contributed by atoms with Crippen molar-refractivity contribution in [2.45, 2.75) is 51.9 Å². The second-order valence-corrected chi connectivity index (χ2v) is 5.06. The molecule has 0 aliphatic carbocycles. The number of carbonyl (C=O) groups is 2. The van der Waals surface area contributed by atoms with Crippen molar-refractivity contribution in [3.63, 3.8) is 0 Å². The maximum atomic E-state index is 11.6. The molecule has 3 unspecified atom stereocenters. The van der Waals surface area contributed by atoms with Crippen LogP contribution in [0.15, 0.2) is 0 Å². The zero-order valence-corrected chi connectivity index (χ0v) is 11.1. The molecule has 18 heavy (non-hydrogen) atoms. The minimum atomic E-state index is -1.02. The van der Waals surface area contributed by atoms with Gasteiger partial charge in [-0.2, -0.15) is 0 Å². The number of ether oxygens (including phenoxy) is 1.